The van der Waals surface area contributed by atoms with E-state index in [4.69, 9.17) is 19.3 Å². The Morgan fingerprint density at radius 3 is 2.05 bits per heavy atom. The Hall–Kier alpha value is -2.69. The molecule has 1 N–H and O–H groups in total. The van der Waals surface area contributed by atoms with Crippen LogP contribution in [0.15, 0.2) is 36.4 Å². The van der Waals surface area contributed by atoms with Crippen molar-refractivity contribution in [3.8, 4) is 28.4 Å². The van der Waals surface area contributed by atoms with Gasteiger partial charge in [-0.1, -0.05) is 6.07 Å². The van der Waals surface area contributed by atoms with Crippen molar-refractivity contribution >= 4 is 5.97 Å². The normalized spacial score (nSPS) is 10.0. The maximum absolute atomic E-state index is 11.1. The zero-order chi connectivity index (χ0) is 15.4. The average molecular weight is 288 g/mol. The van der Waals surface area contributed by atoms with Gasteiger partial charge in [-0.3, -0.25) is 0 Å². The highest BCUT2D eigenvalue weighted by molar-refractivity contribution is 5.90. The fourth-order valence-electron chi connectivity index (χ4n) is 2.07. The number of carboxylic acid groups (broad SMARTS) is 1. The van der Waals surface area contributed by atoms with Crippen molar-refractivity contribution < 1.29 is 24.1 Å². The Balaban J connectivity index is 2.59. The minimum Gasteiger partial charge on any atom is -0.496 e. The molecule has 0 bridgehead atoms. The fraction of sp³-hybridized carbons (Fsp3) is 0.188. The first-order valence-electron chi connectivity index (χ1n) is 6.24. The number of carbonyl (C=O) groups is 1. The van der Waals surface area contributed by atoms with Gasteiger partial charge in [-0.05, 0) is 35.9 Å². The van der Waals surface area contributed by atoms with E-state index in [1.54, 1.807) is 45.6 Å². The summed E-state index contributed by atoms with van der Waals surface area (Å²) < 4.78 is 15.8. The standard InChI is InChI=1S/C16H16O5/c1-19-13-6-5-11(16(17)18)8-12(13)10-4-7-14(20-2)15(9-10)21-3/h4-9H,1-3H3,(H,17,18). The van der Waals surface area contributed by atoms with E-state index >= 15 is 0 Å². The zero-order valence-corrected chi connectivity index (χ0v) is 12.0. The van der Waals surface area contributed by atoms with Crippen molar-refractivity contribution in [2.75, 3.05) is 21.3 Å². The van der Waals surface area contributed by atoms with E-state index in [-0.39, 0.29) is 5.56 Å². The molecule has 5 heteroatoms. The highest BCUT2D eigenvalue weighted by Crippen LogP contribution is 2.36. The van der Waals surface area contributed by atoms with Crippen LogP contribution in [-0.4, -0.2) is 32.4 Å². The SMILES string of the molecule is COc1ccc(-c2cc(C(=O)O)ccc2OC)cc1OC. The molecule has 0 aliphatic rings. The molecule has 0 aromatic heterocycles. The van der Waals surface area contributed by atoms with Gasteiger partial charge in [0.1, 0.15) is 5.75 Å². The van der Waals surface area contributed by atoms with Gasteiger partial charge in [0.05, 0.1) is 26.9 Å². The second-order valence-electron chi connectivity index (χ2n) is 4.29. The van der Waals surface area contributed by atoms with E-state index in [0.717, 1.165) is 5.56 Å². The molecule has 0 spiro atoms. The molecule has 0 aliphatic carbocycles. The summed E-state index contributed by atoms with van der Waals surface area (Å²) in [6.45, 7) is 0. The number of benzene rings is 2. The summed E-state index contributed by atoms with van der Waals surface area (Å²) in [5.74, 6) is 0.777. The number of aromatic carboxylic acids is 1. The van der Waals surface area contributed by atoms with Gasteiger partial charge >= 0.3 is 5.97 Å². The first-order valence-corrected chi connectivity index (χ1v) is 6.24. The summed E-state index contributed by atoms with van der Waals surface area (Å²) >= 11 is 0. The molecule has 2 aromatic rings. The molecule has 0 fully saturated rings. The molecular weight excluding hydrogens is 272 g/mol. The van der Waals surface area contributed by atoms with E-state index in [1.165, 1.54) is 6.07 Å². The number of hydrogen-bond donors (Lipinski definition) is 1. The molecule has 0 atom stereocenters. The monoisotopic (exact) mass is 288 g/mol. The Bertz CT molecular complexity index is 664. The Labute approximate surface area is 122 Å². The van der Waals surface area contributed by atoms with Gasteiger partial charge in [-0.2, -0.15) is 0 Å². The van der Waals surface area contributed by atoms with Gasteiger partial charge < -0.3 is 19.3 Å². The summed E-state index contributed by atoms with van der Waals surface area (Å²) in [7, 11) is 4.65. The predicted octanol–water partition coefficient (Wildman–Crippen LogP) is 3.08. The van der Waals surface area contributed by atoms with Gasteiger partial charge in [0.15, 0.2) is 11.5 Å². The lowest BCUT2D eigenvalue weighted by molar-refractivity contribution is 0.0697. The second-order valence-corrected chi connectivity index (χ2v) is 4.29. The summed E-state index contributed by atoms with van der Waals surface area (Å²) in [6, 6.07) is 10.1. The Morgan fingerprint density at radius 1 is 0.857 bits per heavy atom. The van der Waals surface area contributed by atoms with Crippen LogP contribution >= 0.6 is 0 Å². The van der Waals surface area contributed by atoms with Gasteiger partial charge in [-0.15, -0.1) is 0 Å². The molecule has 0 heterocycles. The van der Waals surface area contributed by atoms with E-state index < -0.39 is 5.97 Å². The third-order valence-corrected chi connectivity index (χ3v) is 3.14. The molecule has 0 saturated carbocycles. The number of rotatable bonds is 5. The van der Waals surface area contributed by atoms with Crippen LogP contribution in [0, 0.1) is 0 Å². The van der Waals surface area contributed by atoms with Crippen LogP contribution in [0.3, 0.4) is 0 Å². The van der Waals surface area contributed by atoms with Gasteiger partial charge in [0.2, 0.25) is 0 Å². The summed E-state index contributed by atoms with van der Waals surface area (Å²) in [5, 5.41) is 9.12. The molecule has 2 rings (SSSR count). The minimum absolute atomic E-state index is 0.195. The topological polar surface area (TPSA) is 65.0 Å². The van der Waals surface area contributed by atoms with Crippen LogP contribution < -0.4 is 14.2 Å². The third kappa shape index (κ3) is 2.91. The second kappa shape index (κ2) is 6.17. The zero-order valence-electron chi connectivity index (χ0n) is 12.0. The van der Waals surface area contributed by atoms with E-state index in [9.17, 15) is 4.79 Å². The molecule has 0 radical (unpaired) electrons. The maximum atomic E-state index is 11.1. The smallest absolute Gasteiger partial charge is 0.335 e. The molecular formula is C16H16O5. The van der Waals surface area contributed by atoms with Crippen LogP contribution in [0.5, 0.6) is 17.2 Å². The molecule has 0 aliphatic heterocycles. The lowest BCUT2D eigenvalue weighted by atomic mass is 10.0. The van der Waals surface area contributed by atoms with E-state index in [0.29, 0.717) is 22.8 Å². The molecule has 21 heavy (non-hydrogen) atoms. The number of methoxy groups -OCH3 is 3. The quantitative estimate of drug-likeness (QED) is 0.916. The number of carboxylic acids is 1. The lowest BCUT2D eigenvalue weighted by Gasteiger charge is -2.13. The molecule has 5 nitrogen and oxygen atoms in total. The average Bonchev–Trinajstić information content (AvgIpc) is 2.53. The molecule has 0 unspecified atom stereocenters. The van der Waals surface area contributed by atoms with Crippen LogP contribution in [0.2, 0.25) is 0 Å². The van der Waals surface area contributed by atoms with Crippen LogP contribution in [0.25, 0.3) is 11.1 Å². The lowest BCUT2D eigenvalue weighted by Crippen LogP contribution is -1.98. The highest BCUT2D eigenvalue weighted by atomic mass is 16.5. The van der Waals surface area contributed by atoms with Crippen LogP contribution in [0.4, 0.5) is 0 Å². The van der Waals surface area contributed by atoms with Crippen molar-refractivity contribution in [1.82, 2.24) is 0 Å². The Kier molecular flexibility index (Phi) is 4.33. The van der Waals surface area contributed by atoms with E-state index in [1.807, 2.05) is 6.07 Å². The van der Waals surface area contributed by atoms with Crippen molar-refractivity contribution in [2.45, 2.75) is 0 Å². The van der Waals surface area contributed by atoms with Crippen LogP contribution in [0.1, 0.15) is 10.4 Å². The molecule has 2 aromatic carbocycles. The fourth-order valence-corrected chi connectivity index (χ4v) is 2.07. The summed E-state index contributed by atoms with van der Waals surface area (Å²) in [6.07, 6.45) is 0. The predicted molar refractivity (Wildman–Crippen MR) is 78.5 cm³/mol. The van der Waals surface area contributed by atoms with Gasteiger partial charge in [0.25, 0.3) is 0 Å². The van der Waals surface area contributed by atoms with E-state index in [2.05, 4.69) is 0 Å². The maximum Gasteiger partial charge on any atom is 0.335 e. The van der Waals surface area contributed by atoms with Crippen molar-refractivity contribution in [2.24, 2.45) is 0 Å². The first-order chi connectivity index (χ1) is 10.1. The number of ether oxygens (including phenoxy) is 3. The summed E-state index contributed by atoms with van der Waals surface area (Å²) in [4.78, 5) is 11.1. The minimum atomic E-state index is -0.987. The van der Waals surface area contributed by atoms with Crippen molar-refractivity contribution in [1.29, 1.82) is 0 Å². The Morgan fingerprint density at radius 2 is 1.48 bits per heavy atom. The molecule has 0 saturated heterocycles. The third-order valence-electron chi connectivity index (χ3n) is 3.14. The highest BCUT2D eigenvalue weighted by Gasteiger charge is 2.13. The van der Waals surface area contributed by atoms with Gasteiger partial charge in [-0.25, -0.2) is 4.79 Å². The van der Waals surface area contributed by atoms with Crippen molar-refractivity contribution in [3.05, 3.63) is 42.0 Å². The van der Waals surface area contributed by atoms with Crippen LogP contribution in [-0.2, 0) is 0 Å². The molecule has 0 amide bonds. The van der Waals surface area contributed by atoms with Gasteiger partial charge in [0, 0.05) is 5.56 Å². The molecule has 110 valence electrons. The largest absolute Gasteiger partial charge is 0.496 e. The van der Waals surface area contributed by atoms with Crippen molar-refractivity contribution in [3.63, 3.8) is 0 Å². The summed E-state index contributed by atoms with van der Waals surface area (Å²) in [5.41, 5.74) is 1.66. The number of hydrogen-bond acceptors (Lipinski definition) is 4. The first kappa shape index (κ1) is 14.7.